The molecule has 6 aromatic carbocycles. The fourth-order valence-corrected chi connectivity index (χ4v) is 28.3. The van der Waals surface area contributed by atoms with Gasteiger partial charge in [-0.1, -0.05) is 0 Å². The zero-order chi connectivity index (χ0) is 26.4. The third-order valence-corrected chi connectivity index (χ3v) is 26.5. The van der Waals surface area contributed by atoms with Crippen molar-refractivity contribution >= 4 is 53.4 Å². The normalized spacial score (nSPS) is 11.7. The Labute approximate surface area is 237 Å². The molecule has 0 heterocycles. The fraction of sp³-hybridized carbons (Fsp3) is 0. The SMILES string of the molecule is c1ccc([Si]([O][Sn]([c]2ccccc2)([c]2ccccc2)[c]2ccccc2)(c2ccccc2)c2ccccc2)cc1. The molecular weight excluding hydrogens is 595 g/mol. The van der Waals surface area contributed by atoms with Crippen molar-refractivity contribution in [2.45, 2.75) is 0 Å². The molecule has 0 atom stereocenters. The summed E-state index contributed by atoms with van der Waals surface area (Å²) in [6.07, 6.45) is 0. The van der Waals surface area contributed by atoms with E-state index in [0.717, 1.165) is 0 Å². The van der Waals surface area contributed by atoms with Gasteiger partial charge in [0.1, 0.15) is 0 Å². The fourth-order valence-electron chi connectivity index (χ4n) is 5.62. The molecule has 0 fully saturated rings. The van der Waals surface area contributed by atoms with Gasteiger partial charge in [-0.05, 0) is 0 Å². The van der Waals surface area contributed by atoms with Gasteiger partial charge >= 0.3 is 238 Å². The second kappa shape index (κ2) is 11.6. The molecule has 0 unspecified atom stereocenters. The second-order valence-corrected chi connectivity index (χ2v) is 23.5. The molecule has 188 valence electrons. The van der Waals surface area contributed by atoms with E-state index in [1.807, 2.05) is 0 Å². The Balaban J connectivity index is 1.76. The van der Waals surface area contributed by atoms with Crippen molar-refractivity contribution in [3.63, 3.8) is 0 Å². The maximum absolute atomic E-state index is 8.29. The summed E-state index contributed by atoms with van der Waals surface area (Å²) in [5, 5.41) is 3.77. The summed E-state index contributed by atoms with van der Waals surface area (Å²) in [5.41, 5.74) is 0. The number of hydrogen-bond donors (Lipinski definition) is 0. The molecule has 0 aliphatic heterocycles. The topological polar surface area (TPSA) is 9.23 Å². The van der Waals surface area contributed by atoms with Crippen molar-refractivity contribution in [2.75, 3.05) is 0 Å². The molecule has 0 bridgehead atoms. The summed E-state index contributed by atoms with van der Waals surface area (Å²) in [5.74, 6) is 0. The molecule has 1 nitrogen and oxygen atoms in total. The first-order valence-corrected chi connectivity index (χ1v) is 20.7. The van der Waals surface area contributed by atoms with Gasteiger partial charge in [-0.2, -0.15) is 0 Å². The van der Waals surface area contributed by atoms with Gasteiger partial charge in [-0.15, -0.1) is 0 Å². The number of hydrogen-bond acceptors (Lipinski definition) is 1. The summed E-state index contributed by atoms with van der Waals surface area (Å²) in [6.45, 7) is 0. The van der Waals surface area contributed by atoms with E-state index in [0.29, 0.717) is 0 Å². The van der Waals surface area contributed by atoms with Crippen LogP contribution in [0.1, 0.15) is 0 Å². The molecule has 0 aromatic heterocycles. The summed E-state index contributed by atoms with van der Waals surface area (Å²) in [7, 11) is -3.01. The van der Waals surface area contributed by atoms with Crippen LogP contribution in [0.2, 0.25) is 0 Å². The van der Waals surface area contributed by atoms with E-state index in [1.165, 1.54) is 26.3 Å². The molecule has 39 heavy (non-hydrogen) atoms. The Bertz CT molecular complexity index is 1280. The maximum atomic E-state index is 8.29. The van der Waals surface area contributed by atoms with E-state index < -0.39 is 27.1 Å². The van der Waals surface area contributed by atoms with Gasteiger partial charge in [0, 0.05) is 0 Å². The molecule has 0 amide bonds. The molecule has 0 aliphatic carbocycles. The predicted octanol–water partition coefficient (Wildman–Crippen LogP) is 4.34. The van der Waals surface area contributed by atoms with Crippen molar-refractivity contribution < 1.29 is 2.76 Å². The van der Waals surface area contributed by atoms with Crippen molar-refractivity contribution in [1.29, 1.82) is 0 Å². The van der Waals surface area contributed by atoms with Gasteiger partial charge in [0.05, 0.1) is 0 Å². The van der Waals surface area contributed by atoms with E-state index in [-0.39, 0.29) is 0 Å². The monoisotopic (exact) mass is 626 g/mol. The second-order valence-electron chi connectivity index (χ2n) is 9.66. The van der Waals surface area contributed by atoms with Crippen LogP contribution < -0.4 is 26.3 Å². The van der Waals surface area contributed by atoms with Gasteiger partial charge in [0.15, 0.2) is 0 Å². The molecular formula is C36H30OSiSn. The van der Waals surface area contributed by atoms with Gasteiger partial charge in [-0.3, -0.25) is 0 Å². The molecule has 6 rings (SSSR count). The first-order valence-electron chi connectivity index (χ1n) is 13.4. The molecule has 0 aliphatic rings. The van der Waals surface area contributed by atoms with Crippen LogP contribution in [0.15, 0.2) is 182 Å². The van der Waals surface area contributed by atoms with Crippen molar-refractivity contribution in [3.05, 3.63) is 182 Å². The minimum absolute atomic E-state index is 1.26. The van der Waals surface area contributed by atoms with E-state index >= 15 is 0 Å². The van der Waals surface area contributed by atoms with Gasteiger partial charge in [-0.25, -0.2) is 0 Å². The number of rotatable bonds is 8. The summed E-state index contributed by atoms with van der Waals surface area (Å²) < 4.78 is 12.2. The number of benzene rings is 6. The van der Waals surface area contributed by atoms with E-state index in [4.69, 9.17) is 2.76 Å². The van der Waals surface area contributed by atoms with E-state index in [9.17, 15) is 0 Å². The third kappa shape index (κ3) is 4.80. The van der Waals surface area contributed by atoms with Gasteiger partial charge in [0.2, 0.25) is 0 Å². The molecule has 0 N–H and O–H groups in total. The Morgan fingerprint density at radius 3 is 0.795 bits per heavy atom. The van der Waals surface area contributed by atoms with Crippen molar-refractivity contribution in [2.24, 2.45) is 0 Å². The quantitative estimate of drug-likeness (QED) is 0.181. The van der Waals surface area contributed by atoms with Crippen LogP contribution in [-0.2, 0) is 2.76 Å². The van der Waals surface area contributed by atoms with Gasteiger partial charge in [0.25, 0.3) is 0 Å². The molecule has 0 saturated heterocycles. The van der Waals surface area contributed by atoms with Crippen LogP contribution in [0, 0.1) is 0 Å². The Hall–Kier alpha value is -3.70. The van der Waals surface area contributed by atoms with Crippen molar-refractivity contribution in [3.8, 4) is 0 Å². The van der Waals surface area contributed by atoms with Crippen LogP contribution in [0.3, 0.4) is 0 Å². The Morgan fingerprint density at radius 1 is 0.308 bits per heavy atom. The van der Waals surface area contributed by atoms with Crippen molar-refractivity contribution in [1.82, 2.24) is 0 Å². The van der Waals surface area contributed by atoms with Gasteiger partial charge < -0.3 is 0 Å². The first kappa shape index (κ1) is 25.6. The molecule has 0 radical (unpaired) electrons. The van der Waals surface area contributed by atoms with Crippen LogP contribution in [0.4, 0.5) is 0 Å². The molecule has 0 saturated carbocycles. The average molecular weight is 625 g/mol. The van der Waals surface area contributed by atoms with E-state index in [1.54, 1.807) is 0 Å². The summed E-state index contributed by atoms with van der Waals surface area (Å²) in [4.78, 5) is 0. The zero-order valence-electron chi connectivity index (χ0n) is 21.7. The van der Waals surface area contributed by atoms with E-state index in [2.05, 4.69) is 182 Å². The van der Waals surface area contributed by atoms with Crippen LogP contribution in [-0.4, -0.2) is 27.1 Å². The Morgan fingerprint density at radius 2 is 0.538 bits per heavy atom. The van der Waals surface area contributed by atoms with Crippen LogP contribution >= 0.6 is 0 Å². The predicted molar refractivity (Wildman–Crippen MR) is 169 cm³/mol. The minimum atomic E-state index is -4.16. The average Bonchev–Trinajstić information content (AvgIpc) is 3.04. The molecule has 0 spiro atoms. The summed E-state index contributed by atoms with van der Waals surface area (Å²) in [6, 6.07) is 65.8. The first-order chi connectivity index (χ1) is 19.3. The Kier molecular flexibility index (Phi) is 7.59. The standard InChI is InChI=1S/C18H15OSi.3C6H5.Sn/c19-20(16-10-4-1-5-11-16,17-12-6-2-7-13-17)18-14-8-3-9-15-18;3*1-2-4-6-5-3-1;/h1-15H;3*1-5H;/q-1;;;;+1. The summed E-state index contributed by atoms with van der Waals surface area (Å²) >= 11 is -4.16. The molecule has 3 heteroatoms. The van der Waals surface area contributed by atoms with Crippen LogP contribution in [0.25, 0.3) is 0 Å². The molecule has 6 aromatic rings. The zero-order valence-corrected chi connectivity index (χ0v) is 25.6. The van der Waals surface area contributed by atoms with Crippen LogP contribution in [0.5, 0.6) is 0 Å². The third-order valence-electron chi connectivity index (χ3n) is 7.39.